The summed E-state index contributed by atoms with van der Waals surface area (Å²) in [5, 5.41) is 7.06. The molecule has 0 amide bonds. The van der Waals surface area contributed by atoms with Crippen LogP contribution in [0.4, 0.5) is 0 Å². The Balaban J connectivity index is 1.62. The van der Waals surface area contributed by atoms with Gasteiger partial charge in [0.05, 0.1) is 0 Å². The highest BCUT2D eigenvalue weighted by Gasteiger charge is 2.20. The fraction of sp³-hybridized carbons (Fsp3) is 0.625. The Kier molecular flexibility index (Phi) is 4.79. The molecule has 2 rings (SSSR count). The van der Waals surface area contributed by atoms with Crippen molar-refractivity contribution >= 4 is 0 Å². The molecule has 0 aliphatic heterocycles. The van der Waals surface area contributed by atoms with Crippen molar-refractivity contribution in [2.24, 2.45) is 0 Å². The molecule has 1 fully saturated rings. The number of benzene rings is 1. The summed E-state index contributed by atoms with van der Waals surface area (Å²) in [6.07, 6.45) is 3.93. The van der Waals surface area contributed by atoms with Gasteiger partial charge in [0.25, 0.3) is 0 Å². The van der Waals surface area contributed by atoms with E-state index < -0.39 is 0 Å². The van der Waals surface area contributed by atoms with E-state index >= 15 is 0 Å². The minimum absolute atomic E-state index is 0.262. The van der Waals surface area contributed by atoms with E-state index in [4.69, 9.17) is 0 Å². The Morgan fingerprint density at radius 3 is 2.44 bits per heavy atom. The first-order valence-electron chi connectivity index (χ1n) is 7.18. The fourth-order valence-electron chi connectivity index (χ4n) is 2.21. The smallest absolute Gasteiger partial charge is 0.00793 e. The molecule has 18 heavy (non-hydrogen) atoms. The molecule has 1 aliphatic carbocycles. The van der Waals surface area contributed by atoms with Crippen molar-refractivity contribution in [2.75, 3.05) is 19.6 Å². The van der Waals surface area contributed by atoms with Crippen LogP contribution in [-0.4, -0.2) is 25.7 Å². The summed E-state index contributed by atoms with van der Waals surface area (Å²) < 4.78 is 0. The lowest BCUT2D eigenvalue weighted by molar-refractivity contribution is 0.455. The van der Waals surface area contributed by atoms with Crippen LogP contribution in [0.2, 0.25) is 0 Å². The van der Waals surface area contributed by atoms with Gasteiger partial charge < -0.3 is 10.6 Å². The summed E-state index contributed by atoms with van der Waals surface area (Å²) in [5.74, 6) is 0. The van der Waals surface area contributed by atoms with Gasteiger partial charge in [-0.2, -0.15) is 0 Å². The van der Waals surface area contributed by atoms with Crippen LogP contribution in [0, 0.1) is 0 Å². The second kappa shape index (κ2) is 6.35. The predicted molar refractivity (Wildman–Crippen MR) is 78.0 cm³/mol. The van der Waals surface area contributed by atoms with Gasteiger partial charge in [-0.3, -0.25) is 0 Å². The lowest BCUT2D eigenvalue weighted by Gasteiger charge is -2.25. The largest absolute Gasteiger partial charge is 0.315 e. The van der Waals surface area contributed by atoms with Gasteiger partial charge in [0.2, 0.25) is 0 Å². The summed E-state index contributed by atoms with van der Waals surface area (Å²) in [6, 6.07) is 11.6. The molecule has 1 aliphatic rings. The van der Waals surface area contributed by atoms with E-state index in [1.165, 1.54) is 24.8 Å². The molecule has 2 heteroatoms. The maximum Gasteiger partial charge on any atom is 0.00793 e. The summed E-state index contributed by atoms with van der Waals surface area (Å²) >= 11 is 0. The number of nitrogens with one attached hydrogen (secondary N) is 2. The first-order chi connectivity index (χ1) is 8.68. The van der Waals surface area contributed by atoms with Crippen LogP contribution in [0.25, 0.3) is 0 Å². The van der Waals surface area contributed by atoms with Gasteiger partial charge in [-0.1, -0.05) is 44.2 Å². The first kappa shape index (κ1) is 13.6. The second-order valence-electron chi connectivity index (χ2n) is 5.98. The quantitative estimate of drug-likeness (QED) is 0.689. The van der Waals surface area contributed by atoms with Crippen LogP contribution >= 0.6 is 0 Å². The highest BCUT2D eigenvalue weighted by atomic mass is 15.0. The van der Waals surface area contributed by atoms with Crippen molar-refractivity contribution in [3.8, 4) is 0 Å². The minimum atomic E-state index is 0.262. The first-order valence-corrected chi connectivity index (χ1v) is 7.18. The molecule has 1 aromatic rings. The average molecular weight is 246 g/mol. The third-order valence-electron chi connectivity index (χ3n) is 3.79. The van der Waals surface area contributed by atoms with E-state index in [1.54, 1.807) is 0 Å². The monoisotopic (exact) mass is 246 g/mol. The van der Waals surface area contributed by atoms with Gasteiger partial charge in [-0.15, -0.1) is 0 Å². The maximum absolute atomic E-state index is 3.53. The molecule has 1 aromatic carbocycles. The normalized spacial score (nSPS) is 15.9. The van der Waals surface area contributed by atoms with Gasteiger partial charge in [0.1, 0.15) is 0 Å². The minimum Gasteiger partial charge on any atom is -0.315 e. The zero-order valence-corrected chi connectivity index (χ0v) is 11.7. The summed E-state index contributed by atoms with van der Waals surface area (Å²) in [6.45, 7) is 7.94. The van der Waals surface area contributed by atoms with E-state index in [-0.39, 0.29) is 5.41 Å². The number of hydrogen-bond donors (Lipinski definition) is 2. The van der Waals surface area contributed by atoms with Gasteiger partial charge in [0, 0.05) is 19.1 Å². The van der Waals surface area contributed by atoms with Crippen molar-refractivity contribution in [1.29, 1.82) is 0 Å². The molecule has 1 saturated carbocycles. The molecule has 0 bridgehead atoms. The van der Waals surface area contributed by atoms with Crippen molar-refractivity contribution in [2.45, 2.75) is 44.6 Å². The molecule has 0 radical (unpaired) electrons. The molecular formula is C16H26N2. The van der Waals surface area contributed by atoms with Crippen molar-refractivity contribution in [3.63, 3.8) is 0 Å². The predicted octanol–water partition coefficient (Wildman–Crippen LogP) is 2.70. The molecule has 0 atom stereocenters. The molecule has 0 saturated heterocycles. The number of hydrogen-bond acceptors (Lipinski definition) is 2. The Bertz CT molecular complexity index is 341. The molecule has 0 spiro atoms. The molecule has 100 valence electrons. The molecule has 2 nitrogen and oxygen atoms in total. The summed E-state index contributed by atoms with van der Waals surface area (Å²) in [4.78, 5) is 0. The van der Waals surface area contributed by atoms with Crippen molar-refractivity contribution < 1.29 is 0 Å². The van der Waals surface area contributed by atoms with Gasteiger partial charge in [0.15, 0.2) is 0 Å². The maximum atomic E-state index is 3.53. The van der Waals surface area contributed by atoms with Crippen molar-refractivity contribution in [3.05, 3.63) is 35.9 Å². The molecule has 0 aromatic heterocycles. The molecule has 0 unspecified atom stereocenters. The van der Waals surface area contributed by atoms with Crippen molar-refractivity contribution in [1.82, 2.24) is 10.6 Å². The topological polar surface area (TPSA) is 24.1 Å². The van der Waals surface area contributed by atoms with Crippen LogP contribution in [-0.2, 0) is 5.41 Å². The Labute approximate surface area is 111 Å². The van der Waals surface area contributed by atoms with Gasteiger partial charge >= 0.3 is 0 Å². The Morgan fingerprint density at radius 2 is 1.78 bits per heavy atom. The second-order valence-corrected chi connectivity index (χ2v) is 5.98. The van der Waals surface area contributed by atoms with E-state index in [1.807, 2.05) is 0 Å². The molecular weight excluding hydrogens is 220 g/mol. The van der Waals surface area contributed by atoms with Crippen LogP contribution < -0.4 is 10.6 Å². The van der Waals surface area contributed by atoms with E-state index in [0.717, 1.165) is 25.7 Å². The van der Waals surface area contributed by atoms with Gasteiger partial charge in [-0.05, 0) is 36.8 Å². The lowest BCUT2D eigenvalue weighted by Crippen LogP contribution is -2.31. The summed E-state index contributed by atoms with van der Waals surface area (Å²) in [5.41, 5.74) is 1.70. The fourth-order valence-corrected chi connectivity index (χ4v) is 2.21. The van der Waals surface area contributed by atoms with Crippen LogP contribution in [0.15, 0.2) is 30.3 Å². The van der Waals surface area contributed by atoms with E-state index in [2.05, 4.69) is 54.8 Å². The molecule has 2 N–H and O–H groups in total. The highest BCUT2D eigenvalue weighted by molar-refractivity contribution is 5.23. The standard InChI is InChI=1S/C16H26N2/c1-16(2,14-6-4-3-5-7-14)10-11-17-12-13-18-15-8-9-15/h3-7,15,17-18H,8-13H2,1-2H3. The Morgan fingerprint density at radius 1 is 1.06 bits per heavy atom. The lowest BCUT2D eigenvalue weighted by atomic mass is 9.81. The SMILES string of the molecule is CC(C)(CCNCCNC1CC1)c1ccccc1. The van der Waals surface area contributed by atoms with Crippen LogP contribution in [0.5, 0.6) is 0 Å². The highest BCUT2D eigenvalue weighted by Crippen LogP contribution is 2.25. The third-order valence-corrected chi connectivity index (χ3v) is 3.79. The zero-order chi connectivity index (χ0) is 12.8. The average Bonchev–Trinajstić information content (AvgIpc) is 3.19. The van der Waals surface area contributed by atoms with E-state index in [9.17, 15) is 0 Å². The van der Waals surface area contributed by atoms with Gasteiger partial charge in [-0.25, -0.2) is 0 Å². The molecule has 0 heterocycles. The zero-order valence-electron chi connectivity index (χ0n) is 11.7. The van der Waals surface area contributed by atoms with Crippen LogP contribution in [0.3, 0.4) is 0 Å². The van der Waals surface area contributed by atoms with Crippen LogP contribution in [0.1, 0.15) is 38.7 Å². The van der Waals surface area contributed by atoms with E-state index in [0.29, 0.717) is 0 Å². The Hall–Kier alpha value is -0.860. The summed E-state index contributed by atoms with van der Waals surface area (Å²) in [7, 11) is 0. The third kappa shape index (κ3) is 4.43. The number of rotatable bonds is 8.